The molecule has 0 saturated heterocycles. The van der Waals surface area contributed by atoms with Crippen molar-refractivity contribution in [2.24, 2.45) is 0 Å². The van der Waals surface area contributed by atoms with Crippen LogP contribution in [0, 0.1) is 13.8 Å². The van der Waals surface area contributed by atoms with Crippen molar-refractivity contribution in [3.8, 4) is 5.75 Å². The van der Waals surface area contributed by atoms with E-state index in [4.69, 9.17) is 4.74 Å². The third kappa shape index (κ3) is 3.08. The molecule has 2 heterocycles. The predicted octanol–water partition coefficient (Wildman–Crippen LogP) is 4.99. The molecule has 152 valence electrons. The number of hydrogen-bond acceptors (Lipinski definition) is 3. The molecule has 2 bridgehead atoms. The van der Waals surface area contributed by atoms with Gasteiger partial charge in [0.25, 0.3) is 0 Å². The van der Waals surface area contributed by atoms with Gasteiger partial charge in [-0.3, -0.25) is 9.28 Å². The summed E-state index contributed by atoms with van der Waals surface area (Å²) in [5.74, 6) is 0.938. The van der Waals surface area contributed by atoms with E-state index in [1.165, 1.54) is 33.6 Å². The van der Waals surface area contributed by atoms with Gasteiger partial charge in [-0.15, -0.1) is 0 Å². The molecule has 1 atom stereocenters. The average Bonchev–Trinajstić information content (AvgIpc) is 2.73. The molecule has 2 aliphatic rings. The van der Waals surface area contributed by atoms with Gasteiger partial charge >= 0.3 is 0 Å². The van der Waals surface area contributed by atoms with Gasteiger partial charge < -0.3 is 9.64 Å². The Hall–Kier alpha value is -3.11. The summed E-state index contributed by atoms with van der Waals surface area (Å²) in [7, 11) is 1.64. The fraction of sp³-hybridized carbons (Fsp3) is 0.269. The molecule has 2 aliphatic heterocycles. The van der Waals surface area contributed by atoms with Crippen LogP contribution in [0.15, 0.2) is 60.7 Å². The number of carbonyl (C=O) groups is 1. The number of ketones is 1. The minimum Gasteiger partial charge on any atom is -0.497 e. The number of rotatable bonds is 4. The first-order valence-electron chi connectivity index (χ1n) is 10.5. The molecule has 4 nitrogen and oxygen atoms in total. The topological polar surface area (TPSA) is 29.5 Å². The molecule has 0 saturated carbocycles. The van der Waals surface area contributed by atoms with Gasteiger partial charge in [-0.1, -0.05) is 23.3 Å². The van der Waals surface area contributed by atoms with E-state index in [1.54, 1.807) is 7.11 Å². The highest BCUT2D eigenvalue weighted by atomic mass is 16.5. The van der Waals surface area contributed by atoms with Crippen LogP contribution >= 0.6 is 0 Å². The largest absolute Gasteiger partial charge is 0.497 e. The summed E-state index contributed by atoms with van der Waals surface area (Å²) in [6, 6.07) is 20.9. The van der Waals surface area contributed by atoms with Crippen molar-refractivity contribution in [2.75, 3.05) is 25.2 Å². The Kier molecular flexibility index (Phi) is 4.40. The maximum absolute atomic E-state index is 13.4. The number of fused-ring (bicyclic) bond motifs is 6. The third-order valence-corrected chi connectivity index (χ3v) is 6.46. The summed E-state index contributed by atoms with van der Waals surface area (Å²) < 4.78 is 5.90. The molecule has 0 amide bonds. The molecule has 3 aromatic rings. The van der Waals surface area contributed by atoms with Crippen LogP contribution in [0.3, 0.4) is 0 Å². The highest BCUT2D eigenvalue weighted by Crippen LogP contribution is 2.43. The van der Waals surface area contributed by atoms with Gasteiger partial charge in [0.05, 0.1) is 19.3 Å². The van der Waals surface area contributed by atoms with Crippen LogP contribution in [0.1, 0.15) is 32.6 Å². The number of ether oxygens (including phenoxy) is 1. The van der Waals surface area contributed by atoms with Crippen LogP contribution in [0.4, 0.5) is 11.4 Å². The Balaban J connectivity index is 1.58. The van der Waals surface area contributed by atoms with E-state index in [1.807, 2.05) is 24.3 Å². The highest BCUT2D eigenvalue weighted by molar-refractivity contribution is 5.99. The fourth-order valence-corrected chi connectivity index (χ4v) is 5.07. The number of benzene rings is 3. The molecule has 3 aromatic carbocycles. The molecule has 0 aromatic heterocycles. The summed E-state index contributed by atoms with van der Waals surface area (Å²) in [6.07, 6.45) is 0. The SMILES string of the molecule is COc1ccc(C(=O)C[N+]23Cc4cc(C)ccc4N(Cc4cc(C)ccc42)C3)cc1. The molecule has 0 N–H and O–H groups in total. The Morgan fingerprint density at radius 2 is 1.67 bits per heavy atom. The van der Waals surface area contributed by atoms with Crippen LogP contribution in [0.2, 0.25) is 0 Å². The monoisotopic (exact) mass is 399 g/mol. The zero-order chi connectivity index (χ0) is 20.9. The lowest BCUT2D eigenvalue weighted by Gasteiger charge is -2.50. The van der Waals surface area contributed by atoms with E-state index in [-0.39, 0.29) is 5.78 Å². The van der Waals surface area contributed by atoms with Crippen LogP contribution in [0.5, 0.6) is 5.75 Å². The zero-order valence-corrected chi connectivity index (χ0v) is 17.8. The number of quaternary nitrogens is 1. The van der Waals surface area contributed by atoms with E-state index in [2.05, 4.69) is 55.1 Å². The van der Waals surface area contributed by atoms with Gasteiger partial charge in [0.1, 0.15) is 24.5 Å². The first-order valence-corrected chi connectivity index (χ1v) is 10.5. The van der Waals surface area contributed by atoms with Crippen LogP contribution in [0.25, 0.3) is 0 Å². The van der Waals surface area contributed by atoms with Crippen molar-refractivity contribution in [1.82, 2.24) is 4.48 Å². The number of methoxy groups -OCH3 is 1. The van der Waals surface area contributed by atoms with E-state index >= 15 is 0 Å². The zero-order valence-electron chi connectivity index (χ0n) is 17.8. The van der Waals surface area contributed by atoms with Gasteiger partial charge in [-0.2, -0.15) is 0 Å². The molecular weight excluding hydrogens is 372 g/mol. The molecule has 4 heteroatoms. The van der Waals surface area contributed by atoms with E-state index in [9.17, 15) is 4.79 Å². The molecule has 0 spiro atoms. The third-order valence-electron chi connectivity index (χ3n) is 6.46. The molecule has 0 radical (unpaired) electrons. The van der Waals surface area contributed by atoms with Crippen molar-refractivity contribution in [3.63, 3.8) is 0 Å². The lowest BCUT2D eigenvalue weighted by atomic mass is 9.95. The van der Waals surface area contributed by atoms with Crippen molar-refractivity contribution in [1.29, 1.82) is 0 Å². The Labute approximate surface area is 177 Å². The average molecular weight is 400 g/mol. The van der Waals surface area contributed by atoms with E-state index in [0.29, 0.717) is 11.0 Å². The maximum Gasteiger partial charge on any atom is 0.217 e. The first-order chi connectivity index (χ1) is 14.5. The van der Waals surface area contributed by atoms with Crippen molar-refractivity contribution >= 4 is 17.2 Å². The summed E-state index contributed by atoms with van der Waals surface area (Å²) in [4.78, 5) is 15.8. The Morgan fingerprint density at radius 3 is 2.40 bits per heavy atom. The molecular formula is C26H27N2O2+. The standard InChI is InChI=1S/C26H27N2O2/c1-18-4-10-24-22(13-18)15-28(16-26(29)20-6-8-23(30-3)9-7-20)17-27(24)14-21-12-19(2)5-11-25(21)28/h4-13H,14-17H2,1-3H3/q+1. The number of aryl methyl sites for hydroxylation is 2. The number of Topliss-reactive ketones (excluding diaryl/α,β-unsaturated/α-hetero) is 1. The lowest BCUT2D eigenvalue weighted by molar-refractivity contribution is 0.0919. The highest BCUT2D eigenvalue weighted by Gasteiger charge is 2.45. The Bertz CT molecular complexity index is 1140. The summed E-state index contributed by atoms with van der Waals surface area (Å²) in [6.45, 7) is 7.29. The number of hydrogen-bond donors (Lipinski definition) is 0. The predicted molar refractivity (Wildman–Crippen MR) is 121 cm³/mol. The molecule has 0 aliphatic carbocycles. The quantitative estimate of drug-likeness (QED) is 0.457. The second-order valence-corrected chi connectivity index (χ2v) is 8.72. The van der Waals surface area contributed by atoms with E-state index in [0.717, 1.165) is 31.1 Å². The van der Waals surface area contributed by atoms with Crippen molar-refractivity contribution < 1.29 is 9.53 Å². The van der Waals surface area contributed by atoms with E-state index < -0.39 is 0 Å². The lowest BCUT2D eigenvalue weighted by Crippen LogP contribution is -2.62. The molecule has 1 unspecified atom stereocenters. The second kappa shape index (κ2) is 6.99. The Morgan fingerprint density at radius 1 is 0.967 bits per heavy atom. The minimum atomic E-state index is 0.169. The van der Waals surface area contributed by atoms with Gasteiger partial charge in [-0.25, -0.2) is 0 Å². The summed E-state index contributed by atoms with van der Waals surface area (Å²) >= 11 is 0. The maximum atomic E-state index is 13.4. The van der Waals surface area contributed by atoms with Gasteiger partial charge in [0.15, 0.2) is 6.67 Å². The summed E-state index contributed by atoms with van der Waals surface area (Å²) in [5, 5.41) is 0. The normalized spacial score (nSPS) is 19.1. The van der Waals surface area contributed by atoms with Crippen LogP contribution < -0.4 is 14.1 Å². The van der Waals surface area contributed by atoms with Crippen molar-refractivity contribution in [3.05, 3.63) is 88.5 Å². The summed E-state index contributed by atoms with van der Waals surface area (Å²) in [5.41, 5.74) is 8.51. The van der Waals surface area contributed by atoms with Crippen molar-refractivity contribution in [2.45, 2.75) is 26.9 Å². The number of nitrogens with zero attached hydrogens (tertiary/aromatic N) is 2. The number of carbonyl (C=O) groups excluding carboxylic acids is 1. The van der Waals surface area contributed by atoms with Gasteiger partial charge in [0, 0.05) is 16.7 Å². The van der Waals surface area contributed by atoms with Gasteiger partial charge in [0.2, 0.25) is 5.78 Å². The van der Waals surface area contributed by atoms with Gasteiger partial charge in [-0.05, 0) is 62.4 Å². The first kappa shape index (κ1) is 18.9. The second-order valence-electron chi connectivity index (χ2n) is 8.72. The van der Waals surface area contributed by atoms with Crippen LogP contribution in [-0.2, 0) is 13.1 Å². The number of anilines is 1. The molecule has 0 fully saturated rings. The smallest absolute Gasteiger partial charge is 0.217 e. The molecule has 5 rings (SSSR count). The molecule has 30 heavy (non-hydrogen) atoms. The van der Waals surface area contributed by atoms with Crippen LogP contribution in [-0.4, -0.2) is 26.1 Å². The fourth-order valence-electron chi connectivity index (χ4n) is 5.07. The minimum absolute atomic E-state index is 0.169.